The van der Waals surface area contributed by atoms with Gasteiger partial charge in [0.1, 0.15) is 17.9 Å². The van der Waals surface area contributed by atoms with Gasteiger partial charge in [0, 0.05) is 12.2 Å². The molecule has 2 saturated heterocycles. The smallest absolute Gasteiger partial charge is 0.250 e. The fraction of sp³-hybridized carbons (Fsp3) is 0.467. The van der Waals surface area contributed by atoms with Gasteiger partial charge in [-0.3, -0.25) is 14.5 Å². The molecule has 0 aromatic heterocycles. The second kappa shape index (κ2) is 5.40. The Balaban J connectivity index is 2.03. The summed E-state index contributed by atoms with van der Waals surface area (Å²) in [6.45, 7) is 2.55. The first kappa shape index (κ1) is 14.5. The lowest BCUT2D eigenvalue weighted by Gasteiger charge is -2.42. The van der Waals surface area contributed by atoms with Crippen LogP contribution in [0.4, 0.5) is 10.1 Å². The molecular weight excluding hydrogens is 339 g/mol. The van der Waals surface area contributed by atoms with E-state index >= 15 is 0 Å². The summed E-state index contributed by atoms with van der Waals surface area (Å²) in [5, 5.41) is 0. The van der Waals surface area contributed by atoms with Crippen LogP contribution in [0.3, 0.4) is 0 Å². The van der Waals surface area contributed by atoms with Crippen molar-refractivity contribution in [2.24, 2.45) is 0 Å². The molecule has 2 atom stereocenters. The van der Waals surface area contributed by atoms with Gasteiger partial charge in [0.15, 0.2) is 0 Å². The molecule has 0 saturated carbocycles. The molecule has 2 aliphatic rings. The quantitative estimate of drug-likeness (QED) is 0.819. The van der Waals surface area contributed by atoms with Gasteiger partial charge in [-0.05, 0) is 53.4 Å². The van der Waals surface area contributed by atoms with Crippen molar-refractivity contribution in [1.82, 2.24) is 4.90 Å². The van der Waals surface area contributed by atoms with E-state index in [-0.39, 0.29) is 23.7 Å². The average Bonchev–Trinajstić information content (AvgIpc) is 2.95. The third kappa shape index (κ3) is 2.25. The topological polar surface area (TPSA) is 40.6 Å². The predicted molar refractivity (Wildman–Crippen MR) is 80.4 cm³/mol. The summed E-state index contributed by atoms with van der Waals surface area (Å²) < 4.78 is 13.7. The van der Waals surface area contributed by atoms with Crippen molar-refractivity contribution in [3.8, 4) is 0 Å². The van der Waals surface area contributed by atoms with Gasteiger partial charge in [0.2, 0.25) is 5.91 Å². The Bertz CT molecular complexity index is 607. The molecule has 3 rings (SSSR count). The second-order valence-corrected chi connectivity index (χ2v) is 6.27. The van der Waals surface area contributed by atoms with Gasteiger partial charge in [-0.25, -0.2) is 4.39 Å². The van der Waals surface area contributed by atoms with E-state index in [0.29, 0.717) is 29.5 Å². The minimum absolute atomic E-state index is 0.0000439. The number of amides is 2. The molecule has 2 aliphatic heterocycles. The van der Waals surface area contributed by atoms with E-state index < -0.39 is 6.04 Å². The van der Waals surface area contributed by atoms with Gasteiger partial charge in [-0.1, -0.05) is 6.92 Å². The number of benzene rings is 1. The summed E-state index contributed by atoms with van der Waals surface area (Å²) in [5.41, 5.74) is 0.569. The molecular formula is C15H16BrFN2O2. The Morgan fingerprint density at radius 3 is 2.76 bits per heavy atom. The lowest BCUT2D eigenvalue weighted by atomic mass is 10.0. The fourth-order valence-electron chi connectivity index (χ4n) is 3.20. The summed E-state index contributed by atoms with van der Waals surface area (Å²) >= 11 is 3.14. The van der Waals surface area contributed by atoms with Gasteiger partial charge >= 0.3 is 0 Å². The highest BCUT2D eigenvalue weighted by Crippen LogP contribution is 2.33. The van der Waals surface area contributed by atoms with E-state index in [1.165, 1.54) is 6.07 Å². The van der Waals surface area contributed by atoms with Crippen LogP contribution in [-0.4, -0.2) is 35.3 Å². The summed E-state index contributed by atoms with van der Waals surface area (Å²) in [5.74, 6) is -0.442. The van der Waals surface area contributed by atoms with Crippen LogP contribution in [0.15, 0.2) is 22.7 Å². The number of carbonyl (C=O) groups excluding carboxylic acids is 2. The molecule has 1 aromatic rings. The van der Waals surface area contributed by atoms with E-state index in [0.717, 1.165) is 6.42 Å². The van der Waals surface area contributed by atoms with Gasteiger partial charge in [0.05, 0.1) is 4.47 Å². The molecule has 2 unspecified atom stereocenters. The van der Waals surface area contributed by atoms with Gasteiger partial charge in [-0.2, -0.15) is 0 Å². The number of carbonyl (C=O) groups is 2. The van der Waals surface area contributed by atoms with Crippen LogP contribution in [-0.2, 0) is 9.59 Å². The van der Waals surface area contributed by atoms with Crippen molar-refractivity contribution in [2.75, 3.05) is 11.4 Å². The first-order valence-corrected chi connectivity index (χ1v) is 7.92. The molecule has 2 amide bonds. The van der Waals surface area contributed by atoms with E-state index in [9.17, 15) is 14.0 Å². The molecule has 2 fully saturated rings. The zero-order chi connectivity index (χ0) is 15.1. The molecule has 0 bridgehead atoms. The number of fused-ring (bicyclic) bond motifs is 1. The summed E-state index contributed by atoms with van der Waals surface area (Å²) in [6, 6.07) is 3.57. The highest BCUT2D eigenvalue weighted by atomic mass is 79.9. The Kier molecular flexibility index (Phi) is 3.73. The molecule has 2 heterocycles. The second-order valence-electron chi connectivity index (χ2n) is 5.42. The molecule has 4 nitrogen and oxygen atoms in total. The van der Waals surface area contributed by atoms with Crippen molar-refractivity contribution < 1.29 is 14.0 Å². The van der Waals surface area contributed by atoms with E-state index in [1.54, 1.807) is 21.9 Å². The van der Waals surface area contributed by atoms with Gasteiger partial charge in [-0.15, -0.1) is 0 Å². The van der Waals surface area contributed by atoms with Gasteiger partial charge in [0.25, 0.3) is 5.91 Å². The maximum absolute atomic E-state index is 13.4. The van der Waals surface area contributed by atoms with Crippen LogP contribution >= 0.6 is 15.9 Å². The monoisotopic (exact) mass is 354 g/mol. The van der Waals surface area contributed by atoms with E-state index in [4.69, 9.17) is 0 Å². The molecule has 0 N–H and O–H groups in total. The third-order valence-electron chi connectivity index (χ3n) is 4.22. The van der Waals surface area contributed by atoms with E-state index in [2.05, 4.69) is 15.9 Å². The van der Waals surface area contributed by atoms with Crippen molar-refractivity contribution in [3.63, 3.8) is 0 Å². The van der Waals surface area contributed by atoms with Crippen molar-refractivity contribution in [3.05, 3.63) is 28.5 Å². The molecule has 112 valence electrons. The lowest BCUT2D eigenvalue weighted by molar-refractivity contribution is -0.144. The Hall–Kier alpha value is -1.43. The minimum Gasteiger partial charge on any atom is -0.329 e. The summed E-state index contributed by atoms with van der Waals surface area (Å²) in [4.78, 5) is 28.5. The number of anilines is 1. The van der Waals surface area contributed by atoms with Crippen LogP contribution in [0, 0.1) is 5.82 Å². The summed E-state index contributed by atoms with van der Waals surface area (Å²) in [6.07, 6.45) is 2.11. The Morgan fingerprint density at radius 2 is 2.10 bits per heavy atom. The van der Waals surface area contributed by atoms with Crippen molar-refractivity contribution in [2.45, 2.75) is 38.3 Å². The third-order valence-corrected chi connectivity index (χ3v) is 4.83. The van der Waals surface area contributed by atoms with Crippen LogP contribution in [0.2, 0.25) is 0 Å². The zero-order valence-corrected chi connectivity index (χ0v) is 13.3. The molecule has 21 heavy (non-hydrogen) atoms. The number of halogens is 2. The SMILES string of the molecule is CCC1C(=O)N2CCCC2C(=O)N1c1ccc(F)c(Br)c1. The first-order valence-electron chi connectivity index (χ1n) is 7.13. The lowest BCUT2D eigenvalue weighted by Crippen LogP contribution is -2.63. The highest BCUT2D eigenvalue weighted by Gasteiger charge is 2.47. The van der Waals surface area contributed by atoms with Crippen molar-refractivity contribution >= 4 is 33.4 Å². The molecule has 6 heteroatoms. The largest absolute Gasteiger partial charge is 0.329 e. The molecule has 0 aliphatic carbocycles. The number of rotatable bonds is 2. The minimum atomic E-state index is -0.496. The number of piperazine rings is 1. The number of hydrogen-bond donors (Lipinski definition) is 0. The maximum Gasteiger partial charge on any atom is 0.250 e. The van der Waals surface area contributed by atoms with Crippen LogP contribution < -0.4 is 4.90 Å². The highest BCUT2D eigenvalue weighted by molar-refractivity contribution is 9.10. The van der Waals surface area contributed by atoms with Gasteiger partial charge < -0.3 is 4.90 Å². The fourth-order valence-corrected chi connectivity index (χ4v) is 3.57. The zero-order valence-electron chi connectivity index (χ0n) is 11.7. The van der Waals surface area contributed by atoms with Crippen LogP contribution in [0.25, 0.3) is 0 Å². The average molecular weight is 355 g/mol. The standard InChI is InChI=1S/C15H16BrFN2O2/c1-2-12-14(20)18-7-3-4-13(18)15(21)19(12)9-5-6-11(17)10(16)8-9/h5-6,8,12-13H,2-4,7H2,1H3. The van der Waals surface area contributed by atoms with Crippen LogP contribution in [0.5, 0.6) is 0 Å². The number of hydrogen-bond acceptors (Lipinski definition) is 2. The first-order chi connectivity index (χ1) is 10.0. The normalized spacial score (nSPS) is 25.5. The Labute approximate surface area is 131 Å². The summed E-state index contributed by atoms with van der Waals surface area (Å²) in [7, 11) is 0. The number of nitrogens with zero attached hydrogens (tertiary/aromatic N) is 2. The van der Waals surface area contributed by atoms with Crippen LogP contribution in [0.1, 0.15) is 26.2 Å². The molecule has 0 spiro atoms. The van der Waals surface area contributed by atoms with E-state index in [1.807, 2.05) is 6.92 Å². The van der Waals surface area contributed by atoms with Crippen molar-refractivity contribution in [1.29, 1.82) is 0 Å². The Morgan fingerprint density at radius 1 is 1.33 bits per heavy atom. The molecule has 0 radical (unpaired) electrons. The molecule has 1 aromatic carbocycles. The maximum atomic E-state index is 13.4. The predicted octanol–water partition coefficient (Wildman–Crippen LogP) is 2.70.